The highest BCUT2D eigenvalue weighted by atomic mass is 79.9. The van der Waals surface area contributed by atoms with Crippen molar-refractivity contribution in [3.05, 3.63) is 46.7 Å². The van der Waals surface area contributed by atoms with Gasteiger partial charge in [-0.3, -0.25) is 4.40 Å². The molecule has 0 N–H and O–H groups in total. The molecule has 25 heavy (non-hydrogen) atoms. The molecular formula is C18H15BrN4O2. The first kappa shape index (κ1) is 15.8. The molecule has 0 saturated heterocycles. The number of halogens is 1. The van der Waals surface area contributed by atoms with Gasteiger partial charge in [-0.25, -0.2) is 4.98 Å². The number of hydrogen-bond acceptors (Lipinski definition) is 5. The van der Waals surface area contributed by atoms with Gasteiger partial charge < -0.3 is 9.47 Å². The van der Waals surface area contributed by atoms with E-state index in [0.29, 0.717) is 11.5 Å². The highest BCUT2D eigenvalue weighted by Gasteiger charge is 2.16. The third kappa shape index (κ3) is 2.51. The van der Waals surface area contributed by atoms with Crippen LogP contribution in [0.15, 0.2) is 40.9 Å². The summed E-state index contributed by atoms with van der Waals surface area (Å²) in [6.45, 7) is 1.94. The first-order valence-electron chi connectivity index (χ1n) is 7.66. The second-order valence-electron chi connectivity index (χ2n) is 5.57. The van der Waals surface area contributed by atoms with E-state index in [9.17, 15) is 0 Å². The molecule has 4 aromatic rings. The van der Waals surface area contributed by atoms with Crippen LogP contribution in [-0.4, -0.2) is 33.8 Å². The van der Waals surface area contributed by atoms with Gasteiger partial charge in [0.1, 0.15) is 5.82 Å². The van der Waals surface area contributed by atoms with Gasteiger partial charge in [0.15, 0.2) is 23.0 Å². The van der Waals surface area contributed by atoms with Gasteiger partial charge in [0.2, 0.25) is 0 Å². The zero-order valence-electron chi connectivity index (χ0n) is 13.9. The molecule has 126 valence electrons. The van der Waals surface area contributed by atoms with Crippen molar-refractivity contribution in [1.82, 2.24) is 19.6 Å². The van der Waals surface area contributed by atoms with Crippen LogP contribution in [0.1, 0.15) is 5.82 Å². The Labute approximate surface area is 152 Å². The summed E-state index contributed by atoms with van der Waals surface area (Å²) in [7, 11) is 3.22. The summed E-state index contributed by atoms with van der Waals surface area (Å²) in [5, 5.41) is 9.65. The second-order valence-corrected chi connectivity index (χ2v) is 6.49. The number of methoxy groups -OCH3 is 2. The molecule has 0 aliphatic carbocycles. The van der Waals surface area contributed by atoms with Crippen molar-refractivity contribution in [1.29, 1.82) is 0 Å². The summed E-state index contributed by atoms with van der Waals surface area (Å²) < 4.78 is 13.8. The number of ether oxygens (including phenoxy) is 2. The zero-order chi connectivity index (χ0) is 17.6. The van der Waals surface area contributed by atoms with E-state index in [2.05, 4.69) is 26.1 Å². The summed E-state index contributed by atoms with van der Waals surface area (Å²) in [5.41, 5.74) is 2.50. The number of hydrogen-bond donors (Lipinski definition) is 0. The quantitative estimate of drug-likeness (QED) is 0.521. The van der Waals surface area contributed by atoms with Crippen molar-refractivity contribution in [3.63, 3.8) is 0 Å². The number of benzene rings is 2. The first-order valence-corrected chi connectivity index (χ1v) is 8.45. The van der Waals surface area contributed by atoms with Crippen molar-refractivity contribution < 1.29 is 9.47 Å². The Kier molecular flexibility index (Phi) is 3.80. The van der Waals surface area contributed by atoms with Crippen LogP contribution in [0.25, 0.3) is 27.9 Å². The van der Waals surface area contributed by atoms with E-state index in [4.69, 9.17) is 14.5 Å². The van der Waals surface area contributed by atoms with E-state index < -0.39 is 0 Å². The maximum Gasteiger partial charge on any atom is 0.172 e. The average molecular weight is 399 g/mol. The highest BCUT2D eigenvalue weighted by Crippen LogP contribution is 2.34. The van der Waals surface area contributed by atoms with Crippen LogP contribution in [0.4, 0.5) is 0 Å². The molecule has 2 aromatic heterocycles. The van der Waals surface area contributed by atoms with Gasteiger partial charge >= 0.3 is 0 Å². The first-order chi connectivity index (χ1) is 12.1. The lowest BCUT2D eigenvalue weighted by Crippen LogP contribution is -2.00. The third-order valence-corrected chi connectivity index (χ3v) is 4.64. The zero-order valence-corrected chi connectivity index (χ0v) is 15.5. The Morgan fingerprint density at radius 1 is 0.960 bits per heavy atom. The van der Waals surface area contributed by atoms with Crippen LogP contribution >= 0.6 is 15.9 Å². The fourth-order valence-electron chi connectivity index (χ4n) is 2.92. The fraction of sp³-hybridized carbons (Fsp3) is 0.167. The Hall–Kier alpha value is -2.67. The number of rotatable bonds is 3. The molecule has 4 rings (SSSR count). The topological polar surface area (TPSA) is 61.5 Å². The SMILES string of the molecule is COc1cc2nc(C)n3c(-c4ccc(Br)cc4)nnc3c2cc1OC. The molecule has 0 saturated carbocycles. The molecule has 0 spiro atoms. The van der Waals surface area contributed by atoms with Gasteiger partial charge in [-0.1, -0.05) is 28.1 Å². The van der Waals surface area contributed by atoms with Crippen molar-refractivity contribution in [2.24, 2.45) is 0 Å². The number of fused-ring (bicyclic) bond motifs is 3. The summed E-state index contributed by atoms with van der Waals surface area (Å²) in [6.07, 6.45) is 0. The van der Waals surface area contributed by atoms with Gasteiger partial charge in [-0.2, -0.15) is 0 Å². The lowest BCUT2D eigenvalue weighted by Gasteiger charge is -2.11. The molecule has 7 heteroatoms. The third-order valence-electron chi connectivity index (χ3n) is 4.11. The molecule has 2 aromatic carbocycles. The molecular weight excluding hydrogens is 384 g/mol. The van der Waals surface area contributed by atoms with Crippen LogP contribution in [0, 0.1) is 6.92 Å². The Morgan fingerprint density at radius 2 is 1.64 bits per heavy atom. The average Bonchev–Trinajstić information content (AvgIpc) is 3.07. The van der Waals surface area contributed by atoms with Crippen LogP contribution in [-0.2, 0) is 0 Å². The van der Waals surface area contributed by atoms with E-state index in [1.807, 2.05) is 47.7 Å². The Bertz CT molecular complexity index is 1090. The summed E-state index contributed by atoms with van der Waals surface area (Å²) >= 11 is 3.45. The molecule has 0 fully saturated rings. The maximum atomic E-state index is 5.41. The predicted octanol–water partition coefficient (Wildman–Crippen LogP) is 4.03. The second kappa shape index (κ2) is 6.00. The van der Waals surface area contributed by atoms with Crippen LogP contribution < -0.4 is 9.47 Å². The normalized spacial score (nSPS) is 11.2. The van der Waals surface area contributed by atoms with Crippen molar-refractivity contribution in [3.8, 4) is 22.9 Å². The van der Waals surface area contributed by atoms with E-state index in [-0.39, 0.29) is 0 Å². The number of aryl methyl sites for hydroxylation is 1. The van der Waals surface area contributed by atoms with Crippen molar-refractivity contribution in [2.45, 2.75) is 6.92 Å². The monoisotopic (exact) mass is 398 g/mol. The molecule has 2 heterocycles. The predicted molar refractivity (Wildman–Crippen MR) is 99.3 cm³/mol. The summed E-state index contributed by atoms with van der Waals surface area (Å²) in [5.74, 6) is 2.83. The van der Waals surface area contributed by atoms with E-state index in [0.717, 1.165) is 38.2 Å². The lowest BCUT2D eigenvalue weighted by molar-refractivity contribution is 0.356. The van der Waals surface area contributed by atoms with Crippen LogP contribution in [0.2, 0.25) is 0 Å². The van der Waals surface area contributed by atoms with Gasteiger partial charge in [0.25, 0.3) is 0 Å². The molecule has 0 aliphatic rings. The van der Waals surface area contributed by atoms with Gasteiger partial charge in [0.05, 0.1) is 19.7 Å². The van der Waals surface area contributed by atoms with Gasteiger partial charge in [0, 0.05) is 21.5 Å². The molecule has 0 unspecified atom stereocenters. The largest absolute Gasteiger partial charge is 0.493 e. The summed E-state index contributed by atoms with van der Waals surface area (Å²) in [4.78, 5) is 4.70. The minimum Gasteiger partial charge on any atom is -0.493 e. The molecule has 0 bridgehead atoms. The standard InChI is InChI=1S/C18H15BrN4O2/c1-10-20-14-9-16(25-3)15(24-2)8-13(14)18-22-21-17(23(10)18)11-4-6-12(19)7-5-11/h4-9H,1-3H3. The molecule has 6 nitrogen and oxygen atoms in total. The van der Waals surface area contributed by atoms with Gasteiger partial charge in [-0.05, 0) is 25.1 Å². The maximum absolute atomic E-state index is 5.41. The molecule has 0 radical (unpaired) electrons. The Balaban J connectivity index is 2.04. The van der Waals surface area contributed by atoms with Gasteiger partial charge in [-0.15, -0.1) is 10.2 Å². The van der Waals surface area contributed by atoms with Crippen molar-refractivity contribution >= 4 is 32.5 Å². The Morgan fingerprint density at radius 3 is 2.32 bits per heavy atom. The van der Waals surface area contributed by atoms with E-state index in [1.54, 1.807) is 14.2 Å². The summed E-state index contributed by atoms with van der Waals surface area (Å²) in [6, 6.07) is 11.7. The molecule has 0 aliphatic heterocycles. The lowest BCUT2D eigenvalue weighted by atomic mass is 10.2. The molecule has 0 amide bonds. The smallest absolute Gasteiger partial charge is 0.172 e. The van der Waals surface area contributed by atoms with E-state index >= 15 is 0 Å². The highest BCUT2D eigenvalue weighted by molar-refractivity contribution is 9.10. The number of aromatic nitrogens is 4. The van der Waals surface area contributed by atoms with E-state index in [1.165, 1.54) is 0 Å². The van der Waals surface area contributed by atoms with Crippen LogP contribution in [0.5, 0.6) is 11.5 Å². The van der Waals surface area contributed by atoms with Crippen molar-refractivity contribution in [2.75, 3.05) is 14.2 Å². The number of nitrogens with zero attached hydrogens (tertiary/aromatic N) is 4. The fourth-order valence-corrected chi connectivity index (χ4v) is 3.18. The minimum atomic E-state index is 0.635. The van der Waals surface area contributed by atoms with Crippen LogP contribution in [0.3, 0.4) is 0 Å². The molecule has 0 atom stereocenters. The minimum absolute atomic E-state index is 0.635.